The molecule has 26 heavy (non-hydrogen) atoms. The summed E-state index contributed by atoms with van der Waals surface area (Å²) in [5.74, 6) is -1.96. The standard InChI is InChI=1S/C23H31F3/c1-14-3-6-16(7-4-14)17-9-11-18(12-10-17)20-13-19-8-5-15(2)22(24)21(19)23(20,25)26/h5,8,14,16-18,20H,3-4,6-7,9-13H2,1-2H3. The molecule has 1 atom stereocenters. The summed E-state index contributed by atoms with van der Waals surface area (Å²) < 4.78 is 44.6. The smallest absolute Gasteiger partial charge is 0.206 e. The molecule has 144 valence electrons. The molecule has 1 unspecified atom stereocenters. The minimum atomic E-state index is -3.01. The third kappa shape index (κ3) is 3.10. The van der Waals surface area contributed by atoms with Crippen molar-refractivity contribution in [2.45, 2.75) is 77.6 Å². The zero-order valence-corrected chi connectivity index (χ0v) is 16.0. The molecule has 3 aliphatic carbocycles. The van der Waals surface area contributed by atoms with E-state index in [0.717, 1.165) is 43.4 Å². The van der Waals surface area contributed by atoms with Crippen LogP contribution >= 0.6 is 0 Å². The summed E-state index contributed by atoms with van der Waals surface area (Å²) in [5, 5.41) is 0. The van der Waals surface area contributed by atoms with Gasteiger partial charge in [0.05, 0.1) is 5.56 Å². The molecule has 3 heteroatoms. The molecule has 0 aliphatic heterocycles. The van der Waals surface area contributed by atoms with Crippen LogP contribution in [-0.2, 0) is 12.3 Å². The summed E-state index contributed by atoms with van der Waals surface area (Å²) in [5.41, 5.74) is 0.566. The summed E-state index contributed by atoms with van der Waals surface area (Å²) in [4.78, 5) is 0. The predicted octanol–water partition coefficient (Wildman–Crippen LogP) is 7.03. The predicted molar refractivity (Wildman–Crippen MR) is 98.8 cm³/mol. The summed E-state index contributed by atoms with van der Waals surface area (Å²) in [7, 11) is 0. The Morgan fingerprint density at radius 2 is 1.38 bits per heavy atom. The Morgan fingerprint density at radius 1 is 0.846 bits per heavy atom. The molecule has 2 fully saturated rings. The highest BCUT2D eigenvalue weighted by atomic mass is 19.3. The highest BCUT2D eigenvalue weighted by Crippen LogP contribution is 2.54. The summed E-state index contributed by atoms with van der Waals surface area (Å²) in [6.45, 7) is 3.92. The highest BCUT2D eigenvalue weighted by molar-refractivity contribution is 5.41. The van der Waals surface area contributed by atoms with Crippen LogP contribution < -0.4 is 0 Å². The molecule has 0 radical (unpaired) electrons. The van der Waals surface area contributed by atoms with Crippen molar-refractivity contribution in [3.63, 3.8) is 0 Å². The van der Waals surface area contributed by atoms with Crippen LogP contribution in [0.1, 0.15) is 75.0 Å². The Balaban J connectivity index is 1.43. The minimum absolute atomic E-state index is 0.0378. The van der Waals surface area contributed by atoms with Crippen LogP contribution in [0.5, 0.6) is 0 Å². The van der Waals surface area contributed by atoms with Crippen molar-refractivity contribution < 1.29 is 13.2 Å². The van der Waals surface area contributed by atoms with E-state index < -0.39 is 17.7 Å². The van der Waals surface area contributed by atoms with Crippen LogP contribution in [0.25, 0.3) is 0 Å². The van der Waals surface area contributed by atoms with Gasteiger partial charge in [-0.3, -0.25) is 0 Å². The molecule has 4 rings (SSSR count). The molecule has 0 spiro atoms. The van der Waals surface area contributed by atoms with E-state index in [4.69, 9.17) is 0 Å². The lowest BCUT2D eigenvalue weighted by Crippen LogP contribution is -2.33. The number of benzene rings is 1. The van der Waals surface area contributed by atoms with Gasteiger partial charge in [-0.15, -0.1) is 0 Å². The van der Waals surface area contributed by atoms with Gasteiger partial charge in [0.25, 0.3) is 5.92 Å². The van der Waals surface area contributed by atoms with E-state index in [2.05, 4.69) is 6.92 Å². The molecule has 0 amide bonds. The third-order valence-electron chi connectivity index (χ3n) is 7.77. The zero-order chi connectivity index (χ0) is 18.5. The molecule has 0 nitrogen and oxygen atoms in total. The fourth-order valence-corrected chi connectivity index (χ4v) is 6.04. The van der Waals surface area contributed by atoms with Crippen molar-refractivity contribution in [3.05, 3.63) is 34.6 Å². The first-order chi connectivity index (χ1) is 12.4. The van der Waals surface area contributed by atoms with E-state index in [0.29, 0.717) is 17.5 Å². The summed E-state index contributed by atoms with van der Waals surface area (Å²) in [6, 6.07) is 3.37. The van der Waals surface area contributed by atoms with Crippen molar-refractivity contribution in [1.82, 2.24) is 0 Å². The number of hydrogen-bond acceptors (Lipinski definition) is 0. The molecular weight excluding hydrogens is 333 g/mol. The minimum Gasteiger partial charge on any atom is -0.206 e. The highest BCUT2D eigenvalue weighted by Gasteiger charge is 2.53. The monoisotopic (exact) mass is 364 g/mol. The number of fused-ring (bicyclic) bond motifs is 1. The van der Waals surface area contributed by atoms with E-state index in [9.17, 15) is 4.39 Å². The second-order valence-electron chi connectivity index (χ2n) is 9.36. The van der Waals surface area contributed by atoms with Gasteiger partial charge in [-0.1, -0.05) is 31.9 Å². The van der Waals surface area contributed by atoms with Gasteiger partial charge in [0.1, 0.15) is 5.82 Å². The van der Waals surface area contributed by atoms with Crippen molar-refractivity contribution >= 4 is 0 Å². The normalized spacial score (nSPS) is 36.7. The molecule has 0 saturated heterocycles. The number of rotatable bonds is 2. The Hall–Kier alpha value is -0.990. The van der Waals surface area contributed by atoms with Crippen LogP contribution in [-0.4, -0.2) is 0 Å². The van der Waals surface area contributed by atoms with E-state index in [1.54, 1.807) is 19.1 Å². The molecular formula is C23H31F3. The first kappa shape index (κ1) is 18.4. The summed E-state index contributed by atoms with van der Waals surface area (Å²) >= 11 is 0. The number of hydrogen-bond donors (Lipinski definition) is 0. The van der Waals surface area contributed by atoms with E-state index in [1.807, 2.05) is 0 Å². The van der Waals surface area contributed by atoms with Gasteiger partial charge in [0.15, 0.2) is 0 Å². The maximum absolute atomic E-state index is 15.1. The zero-order valence-electron chi connectivity index (χ0n) is 16.0. The molecule has 3 aliphatic rings. The molecule has 0 aromatic heterocycles. The first-order valence-electron chi connectivity index (χ1n) is 10.5. The quantitative estimate of drug-likeness (QED) is 0.528. The average molecular weight is 364 g/mol. The van der Waals surface area contributed by atoms with Crippen molar-refractivity contribution in [2.75, 3.05) is 0 Å². The van der Waals surface area contributed by atoms with Crippen LogP contribution in [0.4, 0.5) is 13.2 Å². The first-order valence-corrected chi connectivity index (χ1v) is 10.5. The van der Waals surface area contributed by atoms with E-state index >= 15 is 8.78 Å². The van der Waals surface area contributed by atoms with Gasteiger partial charge >= 0.3 is 0 Å². The van der Waals surface area contributed by atoms with Crippen LogP contribution in [0.2, 0.25) is 0 Å². The van der Waals surface area contributed by atoms with Crippen LogP contribution in [0.3, 0.4) is 0 Å². The van der Waals surface area contributed by atoms with Crippen molar-refractivity contribution in [1.29, 1.82) is 0 Å². The molecule has 1 aromatic rings. The Morgan fingerprint density at radius 3 is 2.00 bits per heavy atom. The second kappa shape index (κ2) is 6.87. The largest absolute Gasteiger partial charge is 0.279 e. The lowest BCUT2D eigenvalue weighted by Gasteiger charge is -2.39. The second-order valence-corrected chi connectivity index (χ2v) is 9.36. The lowest BCUT2D eigenvalue weighted by molar-refractivity contribution is -0.0854. The maximum atomic E-state index is 15.1. The maximum Gasteiger partial charge on any atom is 0.279 e. The molecule has 2 saturated carbocycles. The fraction of sp³-hybridized carbons (Fsp3) is 0.739. The van der Waals surface area contributed by atoms with Gasteiger partial charge in [0, 0.05) is 5.92 Å². The van der Waals surface area contributed by atoms with Crippen LogP contribution in [0.15, 0.2) is 12.1 Å². The molecule has 0 bridgehead atoms. The average Bonchev–Trinajstić information content (AvgIpc) is 2.90. The van der Waals surface area contributed by atoms with E-state index in [1.165, 1.54) is 25.7 Å². The van der Waals surface area contributed by atoms with Gasteiger partial charge < -0.3 is 0 Å². The Labute approximate surface area is 155 Å². The van der Waals surface area contributed by atoms with Crippen molar-refractivity contribution in [3.8, 4) is 0 Å². The van der Waals surface area contributed by atoms with Crippen molar-refractivity contribution in [2.24, 2.45) is 29.6 Å². The lowest BCUT2D eigenvalue weighted by atomic mass is 9.67. The fourth-order valence-electron chi connectivity index (χ4n) is 6.04. The van der Waals surface area contributed by atoms with E-state index in [-0.39, 0.29) is 11.5 Å². The molecule has 0 N–H and O–H groups in total. The molecule has 0 heterocycles. The van der Waals surface area contributed by atoms with Gasteiger partial charge in [0.2, 0.25) is 0 Å². The Kier molecular flexibility index (Phi) is 4.86. The van der Waals surface area contributed by atoms with Crippen LogP contribution in [0, 0.1) is 42.3 Å². The van der Waals surface area contributed by atoms with Gasteiger partial charge in [-0.05, 0) is 86.7 Å². The third-order valence-corrected chi connectivity index (χ3v) is 7.77. The number of alkyl halides is 2. The van der Waals surface area contributed by atoms with Gasteiger partial charge in [-0.2, -0.15) is 0 Å². The topological polar surface area (TPSA) is 0 Å². The summed E-state index contributed by atoms with van der Waals surface area (Å²) in [6.07, 6.45) is 9.63. The SMILES string of the molecule is Cc1ccc2c(c1F)C(F)(F)C(C1CCC(C3CCC(C)CC3)CC1)C2. The number of aryl methyl sites for hydroxylation is 1. The van der Waals surface area contributed by atoms with Gasteiger partial charge in [-0.25, -0.2) is 13.2 Å². The Bertz CT molecular complexity index is 650. The number of halogens is 3. The molecule has 1 aromatic carbocycles.